The van der Waals surface area contributed by atoms with Gasteiger partial charge in [-0.3, -0.25) is 9.69 Å². The molecule has 1 amide bonds. The molecule has 6 rings (SSSR count). The second kappa shape index (κ2) is 12.7. The number of hydrogen-bond acceptors (Lipinski definition) is 8. The van der Waals surface area contributed by atoms with Gasteiger partial charge in [0, 0.05) is 24.2 Å². The van der Waals surface area contributed by atoms with Crippen molar-refractivity contribution in [2.24, 2.45) is 5.92 Å². The first-order valence-electron chi connectivity index (χ1n) is 15.7. The Kier molecular flexibility index (Phi) is 8.90. The van der Waals surface area contributed by atoms with Crippen LogP contribution in [0.2, 0.25) is 0 Å². The van der Waals surface area contributed by atoms with Crippen LogP contribution in [0.3, 0.4) is 0 Å². The maximum atomic E-state index is 13.6. The average molecular weight is 693 g/mol. The lowest BCUT2D eigenvalue weighted by molar-refractivity contribution is -0.149. The number of carbonyl (C=O) groups excluding carboxylic acids is 2. The Labute approximate surface area is 278 Å². The monoisotopic (exact) mass is 692 g/mol. The lowest BCUT2D eigenvalue weighted by Crippen LogP contribution is -2.39. The number of halogens is 6. The van der Waals surface area contributed by atoms with Crippen LogP contribution >= 0.6 is 0 Å². The Hall–Kier alpha value is -4.56. The molecule has 1 saturated carbocycles. The molecular weight excluding hydrogens is 658 g/mol. The smallest absolute Gasteiger partial charge is 0.416 e. The lowest BCUT2D eigenvalue weighted by Gasteiger charge is -2.34. The predicted molar refractivity (Wildman–Crippen MR) is 164 cm³/mol. The Morgan fingerprint density at radius 2 is 1.61 bits per heavy atom. The van der Waals surface area contributed by atoms with Crippen molar-refractivity contribution in [3.8, 4) is 16.9 Å². The van der Waals surface area contributed by atoms with Crippen LogP contribution in [-0.4, -0.2) is 60.3 Å². The Morgan fingerprint density at radius 1 is 0.959 bits per heavy atom. The van der Waals surface area contributed by atoms with Crippen LogP contribution < -0.4 is 9.64 Å². The molecule has 2 atom stereocenters. The van der Waals surface area contributed by atoms with E-state index in [4.69, 9.17) is 24.2 Å². The number of carbonyl (C=O) groups is 2. The minimum atomic E-state index is -5.06. The first kappa shape index (κ1) is 34.3. The third-order valence-corrected chi connectivity index (χ3v) is 9.58. The molecule has 3 aliphatic rings. The maximum absolute atomic E-state index is 13.6. The van der Waals surface area contributed by atoms with E-state index in [2.05, 4.69) is 0 Å². The number of ether oxygens (including phenoxy) is 3. The minimum Gasteiger partial charge on any atom is -0.496 e. The molecule has 0 radical (unpaired) electrons. The number of cyclic esters (lactones) is 1. The van der Waals surface area contributed by atoms with Crippen molar-refractivity contribution < 1.29 is 50.1 Å². The van der Waals surface area contributed by atoms with Crippen molar-refractivity contribution in [1.82, 2.24) is 14.9 Å². The number of benzene rings is 2. The van der Waals surface area contributed by atoms with E-state index >= 15 is 0 Å². The third kappa shape index (κ3) is 6.58. The molecule has 0 unspecified atom stereocenters. The molecule has 1 aromatic heterocycles. The Morgan fingerprint density at radius 3 is 2.16 bits per heavy atom. The number of aromatic nitrogens is 2. The molecule has 0 bridgehead atoms. The number of esters is 1. The third-order valence-electron chi connectivity index (χ3n) is 9.58. The summed E-state index contributed by atoms with van der Waals surface area (Å²) >= 11 is 0. The lowest BCUT2D eigenvalue weighted by atomic mass is 9.71. The van der Waals surface area contributed by atoms with Crippen LogP contribution in [0.25, 0.3) is 11.1 Å². The number of alkyl halides is 6. The highest BCUT2D eigenvalue weighted by atomic mass is 19.4. The van der Waals surface area contributed by atoms with Gasteiger partial charge < -0.3 is 19.1 Å². The second-order valence-electron chi connectivity index (χ2n) is 12.6. The predicted octanol–water partition coefficient (Wildman–Crippen LogP) is 7.46. The fraction of sp³-hybridized carbons (Fsp3) is 0.471. The molecule has 1 aliphatic carbocycles. The molecule has 15 heteroatoms. The maximum Gasteiger partial charge on any atom is 0.416 e. The molecule has 9 nitrogen and oxygen atoms in total. The van der Waals surface area contributed by atoms with Gasteiger partial charge >= 0.3 is 24.4 Å². The first-order chi connectivity index (χ1) is 23.1. The van der Waals surface area contributed by atoms with Gasteiger partial charge in [0.2, 0.25) is 5.95 Å². The molecular formula is C34H34F6N4O5. The van der Waals surface area contributed by atoms with E-state index in [9.17, 15) is 35.9 Å². The average Bonchev–Trinajstić information content (AvgIpc) is 3.26. The Bertz CT molecular complexity index is 1740. The van der Waals surface area contributed by atoms with Crippen molar-refractivity contribution in [3.05, 3.63) is 70.0 Å². The molecule has 2 aromatic carbocycles. The molecule has 2 aliphatic heterocycles. The standard InChI is InChI=1S/C34H34F6N4O5/c1-17-28(25-14-19(6-7-27(25)47-3)20-10-22(11-20)30(45)48-4)26(42-31(41-17)43-8-5-9-43)16-44-18(2)29(49-32(44)46)21-12-23(33(35,36)37)15-24(13-21)34(38,39)40/h6-7,12-15,18,20,22,29H,5,8-11,16H2,1-4H3/t18-,20-,22-,29-/m0/s1. The summed E-state index contributed by atoms with van der Waals surface area (Å²) in [5.41, 5.74) is -0.296. The highest BCUT2D eigenvalue weighted by Gasteiger charge is 2.44. The molecule has 2 saturated heterocycles. The largest absolute Gasteiger partial charge is 0.496 e. The van der Waals surface area contributed by atoms with Crippen LogP contribution in [0.1, 0.15) is 71.8 Å². The fourth-order valence-electron chi connectivity index (χ4n) is 6.63. The number of amides is 1. The number of aryl methyl sites for hydroxylation is 1. The van der Waals surface area contributed by atoms with Crippen molar-refractivity contribution in [3.63, 3.8) is 0 Å². The summed E-state index contributed by atoms with van der Waals surface area (Å²) in [6, 6.07) is 5.89. The van der Waals surface area contributed by atoms with Crippen LogP contribution in [0.15, 0.2) is 36.4 Å². The van der Waals surface area contributed by atoms with Crippen LogP contribution in [0, 0.1) is 12.8 Å². The summed E-state index contributed by atoms with van der Waals surface area (Å²) in [5.74, 6) is 0.555. The number of rotatable bonds is 8. The SMILES string of the molecule is COc1ccc([C@H]2C[C@H](C(=O)OC)C2)cc1-c1c(C)nc(N2CCC2)nc1CN1C(=O)O[C@H](c2cc(C(F)(F)F)cc(C(F)(F)F)c2)[C@@H]1C. The van der Waals surface area contributed by atoms with Gasteiger partial charge in [-0.05, 0) is 80.5 Å². The highest BCUT2D eigenvalue weighted by Crippen LogP contribution is 2.46. The summed E-state index contributed by atoms with van der Waals surface area (Å²) in [6.07, 6.45) is -10.3. The molecule has 3 heterocycles. The number of methoxy groups -OCH3 is 2. The number of nitrogens with zero attached hydrogens (tertiary/aromatic N) is 4. The van der Waals surface area contributed by atoms with Crippen molar-refractivity contribution >= 4 is 18.0 Å². The van der Waals surface area contributed by atoms with Gasteiger partial charge in [0.1, 0.15) is 11.9 Å². The molecule has 3 fully saturated rings. The van der Waals surface area contributed by atoms with Crippen molar-refractivity contribution in [2.45, 2.75) is 70.1 Å². The molecule has 0 N–H and O–H groups in total. The number of hydrogen-bond donors (Lipinski definition) is 0. The summed E-state index contributed by atoms with van der Waals surface area (Å²) in [6.45, 7) is 4.57. The van der Waals surface area contributed by atoms with Gasteiger partial charge in [-0.2, -0.15) is 26.3 Å². The van der Waals surface area contributed by atoms with E-state index in [1.54, 1.807) is 13.0 Å². The summed E-state index contributed by atoms with van der Waals surface area (Å²) in [7, 11) is 2.86. The van der Waals surface area contributed by atoms with E-state index in [1.807, 2.05) is 17.0 Å². The zero-order valence-corrected chi connectivity index (χ0v) is 27.1. The van der Waals surface area contributed by atoms with E-state index in [-0.39, 0.29) is 30.4 Å². The molecule has 3 aromatic rings. The zero-order chi connectivity index (χ0) is 35.4. The van der Waals surface area contributed by atoms with Crippen LogP contribution in [-0.2, 0) is 33.2 Å². The van der Waals surface area contributed by atoms with Gasteiger partial charge in [-0.15, -0.1) is 0 Å². The highest BCUT2D eigenvalue weighted by molar-refractivity contribution is 5.78. The normalized spacial score (nSPS) is 22.4. The van der Waals surface area contributed by atoms with Gasteiger partial charge in [-0.1, -0.05) is 6.07 Å². The van der Waals surface area contributed by atoms with Gasteiger partial charge in [-0.25, -0.2) is 14.8 Å². The van der Waals surface area contributed by atoms with Crippen molar-refractivity contribution in [2.75, 3.05) is 32.2 Å². The molecule has 0 spiro atoms. The van der Waals surface area contributed by atoms with Gasteiger partial charge in [0.25, 0.3) is 0 Å². The topological polar surface area (TPSA) is 94.1 Å². The quantitative estimate of drug-likeness (QED) is 0.178. The van der Waals surface area contributed by atoms with E-state index in [1.165, 1.54) is 26.0 Å². The summed E-state index contributed by atoms with van der Waals surface area (Å²) in [5, 5.41) is 0. The second-order valence-corrected chi connectivity index (χ2v) is 12.6. The Balaban J connectivity index is 1.38. The fourth-order valence-corrected chi connectivity index (χ4v) is 6.63. The van der Waals surface area contributed by atoms with E-state index < -0.39 is 47.3 Å². The summed E-state index contributed by atoms with van der Waals surface area (Å²) in [4.78, 5) is 38.1. The number of anilines is 1. The first-order valence-corrected chi connectivity index (χ1v) is 15.7. The van der Waals surface area contributed by atoms with Crippen molar-refractivity contribution in [1.29, 1.82) is 0 Å². The van der Waals surface area contributed by atoms with Crippen LogP contribution in [0.4, 0.5) is 37.1 Å². The van der Waals surface area contributed by atoms with E-state index in [0.29, 0.717) is 59.2 Å². The minimum absolute atomic E-state index is 0.0384. The molecule has 49 heavy (non-hydrogen) atoms. The van der Waals surface area contributed by atoms with Crippen LogP contribution in [0.5, 0.6) is 5.75 Å². The van der Waals surface area contributed by atoms with E-state index in [0.717, 1.165) is 25.1 Å². The summed E-state index contributed by atoms with van der Waals surface area (Å²) < 4.78 is 97.9. The zero-order valence-electron chi connectivity index (χ0n) is 27.1. The molecule has 262 valence electrons. The van der Waals surface area contributed by atoms with Gasteiger partial charge in [0.15, 0.2) is 0 Å². The van der Waals surface area contributed by atoms with Gasteiger partial charge in [0.05, 0.1) is 55.2 Å².